The van der Waals surface area contributed by atoms with E-state index in [-0.39, 0.29) is 19.3 Å². The summed E-state index contributed by atoms with van der Waals surface area (Å²) in [6.45, 7) is 0. The van der Waals surface area contributed by atoms with Gasteiger partial charge in [-0.05, 0) is 36.0 Å². The SMILES string of the molecule is COC(=O)[C@@H](N)Cc1cc(C[C@H](N)C(=O)OC)cc(C[C@H](N)C(=O)OC)c1. The molecule has 0 aliphatic rings. The number of rotatable bonds is 9. The molecule has 1 aromatic carbocycles. The Bertz CT molecular complexity index is 576. The molecule has 1 rings (SSSR count). The van der Waals surface area contributed by atoms with Gasteiger partial charge in [0.15, 0.2) is 0 Å². The first-order valence-electron chi connectivity index (χ1n) is 8.33. The van der Waals surface area contributed by atoms with Crippen molar-refractivity contribution >= 4 is 17.9 Å². The summed E-state index contributed by atoms with van der Waals surface area (Å²) in [4.78, 5) is 34.8. The highest BCUT2D eigenvalue weighted by Crippen LogP contribution is 2.16. The van der Waals surface area contributed by atoms with Crippen LogP contribution in [0.15, 0.2) is 18.2 Å². The molecule has 0 bridgehead atoms. The molecular weight excluding hydrogens is 354 g/mol. The lowest BCUT2D eigenvalue weighted by molar-refractivity contribution is -0.142. The third kappa shape index (κ3) is 6.97. The van der Waals surface area contributed by atoms with Gasteiger partial charge < -0.3 is 31.4 Å². The molecule has 0 heterocycles. The Morgan fingerprint density at radius 2 is 0.889 bits per heavy atom. The lowest BCUT2D eigenvalue weighted by Gasteiger charge is -2.16. The van der Waals surface area contributed by atoms with Crippen molar-refractivity contribution in [2.45, 2.75) is 37.4 Å². The van der Waals surface area contributed by atoms with Crippen LogP contribution in [0.4, 0.5) is 0 Å². The molecule has 9 nitrogen and oxygen atoms in total. The van der Waals surface area contributed by atoms with Crippen molar-refractivity contribution in [1.82, 2.24) is 0 Å². The molecule has 27 heavy (non-hydrogen) atoms. The minimum Gasteiger partial charge on any atom is -0.468 e. The van der Waals surface area contributed by atoms with Crippen molar-refractivity contribution in [2.24, 2.45) is 17.2 Å². The molecule has 0 aromatic heterocycles. The largest absolute Gasteiger partial charge is 0.468 e. The van der Waals surface area contributed by atoms with Crippen LogP contribution in [0.3, 0.4) is 0 Å². The number of carbonyl (C=O) groups is 3. The van der Waals surface area contributed by atoms with Crippen LogP contribution in [0.25, 0.3) is 0 Å². The van der Waals surface area contributed by atoms with Gasteiger partial charge in [-0.15, -0.1) is 0 Å². The van der Waals surface area contributed by atoms with Gasteiger partial charge in [0.25, 0.3) is 0 Å². The van der Waals surface area contributed by atoms with Crippen LogP contribution < -0.4 is 17.2 Å². The molecule has 0 aliphatic heterocycles. The lowest BCUT2D eigenvalue weighted by Crippen LogP contribution is -2.35. The predicted molar refractivity (Wildman–Crippen MR) is 97.5 cm³/mol. The van der Waals surface area contributed by atoms with E-state index in [2.05, 4.69) is 14.2 Å². The highest BCUT2D eigenvalue weighted by molar-refractivity contribution is 5.77. The summed E-state index contributed by atoms with van der Waals surface area (Å²) in [5.74, 6) is -1.63. The maximum absolute atomic E-state index is 11.6. The summed E-state index contributed by atoms with van der Waals surface area (Å²) in [7, 11) is 3.78. The summed E-state index contributed by atoms with van der Waals surface area (Å²) >= 11 is 0. The van der Waals surface area contributed by atoms with E-state index in [1.165, 1.54) is 21.3 Å². The number of benzene rings is 1. The molecule has 0 spiro atoms. The normalized spacial score (nSPS) is 14.0. The highest BCUT2D eigenvalue weighted by atomic mass is 16.5. The maximum Gasteiger partial charge on any atom is 0.322 e. The van der Waals surface area contributed by atoms with Crippen molar-refractivity contribution in [2.75, 3.05) is 21.3 Å². The van der Waals surface area contributed by atoms with Crippen LogP contribution in [-0.2, 0) is 47.9 Å². The standard InChI is InChI=1S/C18H27N3O6/c1-25-16(22)13(19)7-10-4-11(8-14(20)17(23)26-2)6-12(5-10)9-15(21)18(24)27-3/h4-6,13-15H,7-9,19-21H2,1-3H3/t13-,14-,15-/m0/s1. The zero-order valence-electron chi connectivity index (χ0n) is 15.8. The molecule has 1 aromatic rings. The summed E-state index contributed by atoms with van der Waals surface area (Å²) in [5, 5.41) is 0. The van der Waals surface area contributed by atoms with Gasteiger partial charge >= 0.3 is 17.9 Å². The molecule has 0 aliphatic carbocycles. The van der Waals surface area contributed by atoms with E-state index in [4.69, 9.17) is 17.2 Å². The van der Waals surface area contributed by atoms with Crippen LogP contribution in [0.5, 0.6) is 0 Å². The molecule has 6 N–H and O–H groups in total. The van der Waals surface area contributed by atoms with Gasteiger partial charge in [-0.2, -0.15) is 0 Å². The second-order valence-electron chi connectivity index (χ2n) is 6.16. The highest BCUT2D eigenvalue weighted by Gasteiger charge is 2.20. The van der Waals surface area contributed by atoms with E-state index in [0.29, 0.717) is 0 Å². The van der Waals surface area contributed by atoms with Crippen LogP contribution in [0.1, 0.15) is 16.7 Å². The zero-order valence-corrected chi connectivity index (χ0v) is 15.8. The second kappa shape index (κ2) is 10.6. The molecule has 0 unspecified atom stereocenters. The molecule has 0 radical (unpaired) electrons. The fourth-order valence-corrected chi connectivity index (χ4v) is 2.66. The van der Waals surface area contributed by atoms with E-state index in [9.17, 15) is 14.4 Å². The Balaban J connectivity index is 3.11. The van der Waals surface area contributed by atoms with Gasteiger partial charge in [-0.1, -0.05) is 18.2 Å². The van der Waals surface area contributed by atoms with Crippen LogP contribution in [0.2, 0.25) is 0 Å². The van der Waals surface area contributed by atoms with E-state index in [0.717, 1.165) is 16.7 Å². The van der Waals surface area contributed by atoms with Crippen LogP contribution >= 0.6 is 0 Å². The first-order valence-corrected chi connectivity index (χ1v) is 8.33. The van der Waals surface area contributed by atoms with E-state index >= 15 is 0 Å². The smallest absolute Gasteiger partial charge is 0.322 e. The quantitative estimate of drug-likeness (QED) is 0.353. The molecular formula is C18H27N3O6. The predicted octanol–water partition coefficient (Wildman–Crippen LogP) is -1.18. The summed E-state index contributed by atoms with van der Waals surface area (Å²) in [5.41, 5.74) is 19.7. The molecule has 0 saturated carbocycles. The third-order valence-corrected chi connectivity index (χ3v) is 3.99. The first-order chi connectivity index (χ1) is 12.7. The third-order valence-electron chi connectivity index (χ3n) is 3.99. The Labute approximate surface area is 158 Å². The zero-order chi connectivity index (χ0) is 20.6. The number of carbonyl (C=O) groups excluding carboxylic acids is 3. The topological polar surface area (TPSA) is 157 Å². The number of esters is 3. The van der Waals surface area contributed by atoms with Gasteiger partial charge in [-0.25, -0.2) is 0 Å². The lowest BCUT2D eigenvalue weighted by atomic mass is 9.94. The van der Waals surface area contributed by atoms with Gasteiger partial charge in [0, 0.05) is 0 Å². The van der Waals surface area contributed by atoms with Crippen molar-refractivity contribution in [3.05, 3.63) is 34.9 Å². The molecule has 3 atom stereocenters. The van der Waals surface area contributed by atoms with Crippen molar-refractivity contribution in [3.8, 4) is 0 Å². The second-order valence-corrected chi connectivity index (χ2v) is 6.16. The van der Waals surface area contributed by atoms with Crippen molar-refractivity contribution in [1.29, 1.82) is 0 Å². The average molecular weight is 381 g/mol. The summed E-state index contributed by atoms with van der Waals surface area (Å²) in [6, 6.07) is 2.83. The number of methoxy groups -OCH3 is 3. The first kappa shape index (κ1) is 22.6. The van der Waals surface area contributed by atoms with Gasteiger partial charge in [0.05, 0.1) is 21.3 Å². The van der Waals surface area contributed by atoms with E-state index in [1.807, 2.05) is 0 Å². The Morgan fingerprint density at radius 1 is 0.667 bits per heavy atom. The minimum atomic E-state index is -0.846. The minimum absolute atomic E-state index is 0.217. The van der Waals surface area contributed by atoms with Gasteiger partial charge in [0.1, 0.15) is 18.1 Å². The van der Waals surface area contributed by atoms with Crippen LogP contribution in [0, 0.1) is 0 Å². The Hall–Kier alpha value is -2.49. The number of ether oxygens (including phenoxy) is 3. The van der Waals surface area contributed by atoms with E-state index in [1.54, 1.807) is 18.2 Å². The number of hydrogen-bond donors (Lipinski definition) is 3. The van der Waals surface area contributed by atoms with E-state index < -0.39 is 36.0 Å². The number of nitrogens with two attached hydrogens (primary N) is 3. The molecule has 0 saturated heterocycles. The summed E-state index contributed by atoms with van der Waals surface area (Å²) < 4.78 is 13.9. The van der Waals surface area contributed by atoms with Crippen LogP contribution in [-0.4, -0.2) is 57.4 Å². The molecule has 150 valence electrons. The fraction of sp³-hybridized carbons (Fsp3) is 0.500. The molecule has 9 heteroatoms. The van der Waals surface area contributed by atoms with Gasteiger partial charge in [0.2, 0.25) is 0 Å². The Morgan fingerprint density at radius 3 is 1.07 bits per heavy atom. The Kier molecular flexibility index (Phi) is 8.86. The number of hydrogen-bond acceptors (Lipinski definition) is 9. The fourth-order valence-electron chi connectivity index (χ4n) is 2.66. The van der Waals surface area contributed by atoms with Gasteiger partial charge in [-0.3, -0.25) is 14.4 Å². The molecule has 0 amide bonds. The molecule has 0 fully saturated rings. The van der Waals surface area contributed by atoms with Crippen molar-refractivity contribution < 1.29 is 28.6 Å². The van der Waals surface area contributed by atoms with Crippen molar-refractivity contribution in [3.63, 3.8) is 0 Å². The summed E-state index contributed by atoms with van der Waals surface area (Å²) in [6.07, 6.45) is 0.650. The monoisotopic (exact) mass is 381 g/mol. The maximum atomic E-state index is 11.6. The average Bonchev–Trinajstić information content (AvgIpc) is 2.65.